The molecule has 0 saturated carbocycles. The van der Waals surface area contributed by atoms with Gasteiger partial charge in [0, 0.05) is 18.7 Å². The van der Waals surface area contributed by atoms with E-state index in [1.54, 1.807) is 6.92 Å². The van der Waals surface area contributed by atoms with Crippen LogP contribution >= 0.6 is 0 Å². The van der Waals surface area contributed by atoms with Crippen LogP contribution in [0.2, 0.25) is 0 Å². The van der Waals surface area contributed by atoms with Gasteiger partial charge in [0.25, 0.3) is 0 Å². The molecular weight excluding hydrogens is 206 g/mol. The van der Waals surface area contributed by atoms with E-state index >= 15 is 0 Å². The molecule has 1 aliphatic rings. The second-order valence-corrected chi connectivity index (χ2v) is 3.98. The highest BCUT2D eigenvalue weighted by Crippen LogP contribution is 2.15. The van der Waals surface area contributed by atoms with Crippen LogP contribution in [-0.4, -0.2) is 48.3 Å². The number of aliphatic hydroxyl groups is 1. The van der Waals surface area contributed by atoms with Crippen molar-refractivity contribution >= 4 is 5.97 Å². The molecule has 1 unspecified atom stereocenters. The molecule has 1 N–H and O–H groups in total. The molecule has 1 saturated heterocycles. The lowest BCUT2D eigenvalue weighted by Gasteiger charge is -2.33. The average Bonchev–Trinajstić information content (AvgIpc) is 2.30. The predicted molar refractivity (Wildman–Crippen MR) is 62.1 cm³/mol. The number of likely N-dealkylation sites (tertiary alicyclic amines) is 1. The van der Waals surface area contributed by atoms with E-state index in [0.717, 1.165) is 13.0 Å². The van der Waals surface area contributed by atoms with Crippen molar-refractivity contribution in [2.75, 3.05) is 26.3 Å². The zero-order valence-corrected chi connectivity index (χ0v) is 9.89. The fraction of sp³-hybridized carbons (Fsp3) is 0.750. The zero-order chi connectivity index (χ0) is 11.8. The predicted octanol–water partition coefficient (Wildman–Crippen LogP) is 0.953. The highest BCUT2D eigenvalue weighted by atomic mass is 16.5. The van der Waals surface area contributed by atoms with Crippen molar-refractivity contribution in [1.82, 2.24) is 4.90 Å². The summed E-state index contributed by atoms with van der Waals surface area (Å²) in [5.74, 6) is -0.292. The molecule has 1 aliphatic heterocycles. The quantitative estimate of drug-likeness (QED) is 0.561. The lowest BCUT2D eigenvalue weighted by atomic mass is 10.0. The second kappa shape index (κ2) is 7.41. The topological polar surface area (TPSA) is 49.8 Å². The normalized spacial score (nSPS) is 22.5. The molecule has 16 heavy (non-hydrogen) atoms. The molecule has 0 aromatic rings. The van der Waals surface area contributed by atoms with Crippen molar-refractivity contribution in [3.05, 3.63) is 12.2 Å². The molecule has 0 aromatic carbocycles. The molecule has 1 fully saturated rings. The van der Waals surface area contributed by atoms with E-state index in [9.17, 15) is 9.90 Å². The lowest BCUT2D eigenvalue weighted by molar-refractivity contribution is -0.137. The molecule has 0 spiro atoms. The Hall–Kier alpha value is -0.870. The monoisotopic (exact) mass is 227 g/mol. The van der Waals surface area contributed by atoms with Crippen LogP contribution in [0.1, 0.15) is 26.2 Å². The molecule has 0 bridgehead atoms. The number of hydrogen-bond acceptors (Lipinski definition) is 4. The summed E-state index contributed by atoms with van der Waals surface area (Å²) in [5, 5.41) is 9.20. The Balaban J connectivity index is 2.32. The molecule has 92 valence electrons. The molecule has 0 amide bonds. The van der Waals surface area contributed by atoms with E-state index < -0.39 is 0 Å². The highest BCUT2D eigenvalue weighted by Gasteiger charge is 2.19. The average molecular weight is 227 g/mol. The molecule has 4 nitrogen and oxygen atoms in total. The Morgan fingerprint density at radius 1 is 1.56 bits per heavy atom. The number of ether oxygens (including phenoxy) is 1. The molecule has 0 radical (unpaired) electrons. The Morgan fingerprint density at radius 2 is 2.38 bits per heavy atom. The van der Waals surface area contributed by atoms with Gasteiger partial charge in [-0.25, -0.2) is 4.79 Å². The van der Waals surface area contributed by atoms with E-state index in [4.69, 9.17) is 4.74 Å². The number of rotatable bonds is 5. The molecule has 0 aliphatic carbocycles. The van der Waals surface area contributed by atoms with E-state index in [-0.39, 0.29) is 18.6 Å². The Kier molecular flexibility index (Phi) is 6.11. The lowest BCUT2D eigenvalue weighted by Crippen LogP contribution is -2.41. The van der Waals surface area contributed by atoms with Crippen LogP contribution in [0.3, 0.4) is 0 Å². The first-order valence-electron chi connectivity index (χ1n) is 5.96. The summed E-state index contributed by atoms with van der Waals surface area (Å²) in [7, 11) is 0. The summed E-state index contributed by atoms with van der Waals surface area (Å²) >= 11 is 0. The van der Waals surface area contributed by atoms with Gasteiger partial charge >= 0.3 is 5.97 Å². The van der Waals surface area contributed by atoms with Crippen molar-refractivity contribution in [2.45, 2.75) is 32.2 Å². The van der Waals surface area contributed by atoms with Gasteiger partial charge in [-0.3, -0.25) is 4.90 Å². The van der Waals surface area contributed by atoms with Gasteiger partial charge in [-0.1, -0.05) is 12.5 Å². The first kappa shape index (κ1) is 13.2. The van der Waals surface area contributed by atoms with Crippen molar-refractivity contribution in [3.63, 3.8) is 0 Å². The van der Waals surface area contributed by atoms with Crippen LogP contribution in [0.25, 0.3) is 0 Å². The fourth-order valence-corrected chi connectivity index (χ4v) is 1.98. The van der Waals surface area contributed by atoms with Gasteiger partial charge in [0.1, 0.15) is 0 Å². The number of piperidine rings is 1. The summed E-state index contributed by atoms with van der Waals surface area (Å²) in [5.41, 5.74) is 0. The van der Waals surface area contributed by atoms with Crippen LogP contribution < -0.4 is 0 Å². The van der Waals surface area contributed by atoms with Gasteiger partial charge in [-0.05, 0) is 26.3 Å². The van der Waals surface area contributed by atoms with Gasteiger partial charge in [-0.2, -0.15) is 0 Å². The minimum absolute atomic E-state index is 0.202. The largest absolute Gasteiger partial charge is 0.463 e. The van der Waals surface area contributed by atoms with Crippen molar-refractivity contribution in [1.29, 1.82) is 0 Å². The van der Waals surface area contributed by atoms with E-state index in [1.165, 1.54) is 18.9 Å². The van der Waals surface area contributed by atoms with Crippen LogP contribution in [0.4, 0.5) is 0 Å². The maximum absolute atomic E-state index is 11.1. The van der Waals surface area contributed by atoms with Gasteiger partial charge in [-0.15, -0.1) is 0 Å². The number of aliphatic hydroxyl groups excluding tert-OH is 1. The van der Waals surface area contributed by atoms with Crippen LogP contribution in [0.15, 0.2) is 12.2 Å². The standard InChI is InChI=1S/C12H21NO3/c1-2-16-12(15)7-5-9-13-8-4-3-6-11(13)10-14/h5,7,11,14H,2-4,6,8-10H2,1H3/b7-5+. The SMILES string of the molecule is CCOC(=O)/C=C/CN1CCCCC1CO. The minimum atomic E-state index is -0.292. The van der Waals surface area contributed by atoms with E-state index in [0.29, 0.717) is 13.2 Å². The maximum atomic E-state index is 11.1. The van der Waals surface area contributed by atoms with Crippen molar-refractivity contribution in [2.24, 2.45) is 0 Å². The van der Waals surface area contributed by atoms with Gasteiger partial charge in [0.2, 0.25) is 0 Å². The van der Waals surface area contributed by atoms with Crippen LogP contribution in [0, 0.1) is 0 Å². The smallest absolute Gasteiger partial charge is 0.330 e. The summed E-state index contributed by atoms with van der Waals surface area (Å²) in [6, 6.07) is 0.251. The molecular formula is C12H21NO3. The Labute approximate surface area is 96.9 Å². The van der Waals surface area contributed by atoms with Crippen molar-refractivity contribution in [3.8, 4) is 0 Å². The maximum Gasteiger partial charge on any atom is 0.330 e. The number of carbonyl (C=O) groups excluding carboxylic acids is 1. The summed E-state index contributed by atoms with van der Waals surface area (Å²) < 4.78 is 4.79. The van der Waals surface area contributed by atoms with Gasteiger partial charge < -0.3 is 9.84 Å². The molecule has 4 heteroatoms. The summed E-state index contributed by atoms with van der Waals surface area (Å²) in [6.45, 7) is 4.11. The third-order valence-electron chi connectivity index (χ3n) is 2.84. The second-order valence-electron chi connectivity index (χ2n) is 3.98. The third-order valence-corrected chi connectivity index (χ3v) is 2.84. The summed E-state index contributed by atoms with van der Waals surface area (Å²) in [4.78, 5) is 13.3. The Morgan fingerprint density at radius 3 is 3.06 bits per heavy atom. The Bertz CT molecular complexity index is 240. The molecule has 1 atom stereocenters. The number of esters is 1. The van der Waals surface area contributed by atoms with E-state index in [2.05, 4.69) is 4.90 Å². The zero-order valence-electron chi connectivity index (χ0n) is 9.89. The minimum Gasteiger partial charge on any atom is -0.463 e. The van der Waals surface area contributed by atoms with Gasteiger partial charge in [0.05, 0.1) is 13.2 Å². The first-order chi connectivity index (χ1) is 7.77. The van der Waals surface area contributed by atoms with E-state index in [1.807, 2.05) is 6.08 Å². The molecule has 0 aromatic heterocycles. The third kappa shape index (κ3) is 4.33. The number of nitrogens with zero attached hydrogens (tertiary/aromatic N) is 1. The first-order valence-corrected chi connectivity index (χ1v) is 5.96. The number of hydrogen-bond donors (Lipinski definition) is 1. The molecule has 1 rings (SSSR count). The molecule has 1 heterocycles. The highest BCUT2D eigenvalue weighted by molar-refractivity contribution is 5.81. The van der Waals surface area contributed by atoms with Crippen molar-refractivity contribution < 1.29 is 14.6 Å². The number of carbonyl (C=O) groups is 1. The van der Waals surface area contributed by atoms with Gasteiger partial charge in [0.15, 0.2) is 0 Å². The summed E-state index contributed by atoms with van der Waals surface area (Å²) in [6.07, 6.45) is 6.68. The van der Waals surface area contributed by atoms with Crippen LogP contribution in [-0.2, 0) is 9.53 Å². The van der Waals surface area contributed by atoms with Crippen LogP contribution in [0.5, 0.6) is 0 Å². The fourth-order valence-electron chi connectivity index (χ4n) is 1.98.